The SMILES string of the molecule is CC(C)(C)C(=O)/C=c1\[nH]c(=O)/c(=C/c2ccc(N3CCOCC3)c(F)c2)s1. The Morgan fingerprint density at radius 3 is 2.63 bits per heavy atom. The van der Waals surface area contributed by atoms with Crippen LogP contribution in [0.3, 0.4) is 0 Å². The van der Waals surface area contributed by atoms with Crippen LogP contribution in [0.1, 0.15) is 26.3 Å². The Kier molecular flexibility index (Phi) is 5.62. The first-order valence-electron chi connectivity index (χ1n) is 8.83. The van der Waals surface area contributed by atoms with Gasteiger partial charge in [-0.05, 0) is 23.8 Å². The highest BCUT2D eigenvalue weighted by atomic mass is 32.1. The standard InChI is InChI=1S/C20H23FN2O3S/c1-20(2,3)17(24)12-18-22-19(25)16(27-18)11-13-4-5-15(14(21)10-13)23-6-8-26-9-7-23/h4-5,10-12H,6-9H2,1-3H3,(H,22,25)/b16-11-,18-12+. The number of halogens is 1. The first-order valence-corrected chi connectivity index (χ1v) is 9.65. The summed E-state index contributed by atoms with van der Waals surface area (Å²) in [4.78, 5) is 28.9. The highest BCUT2D eigenvalue weighted by Gasteiger charge is 2.19. The van der Waals surface area contributed by atoms with Crippen molar-refractivity contribution in [2.75, 3.05) is 31.2 Å². The van der Waals surface area contributed by atoms with Gasteiger partial charge >= 0.3 is 0 Å². The maximum absolute atomic E-state index is 14.5. The van der Waals surface area contributed by atoms with Gasteiger partial charge in [-0.3, -0.25) is 9.59 Å². The summed E-state index contributed by atoms with van der Waals surface area (Å²) in [5.74, 6) is -0.388. The lowest BCUT2D eigenvalue weighted by atomic mass is 9.91. The Labute approximate surface area is 160 Å². The molecule has 2 aromatic rings. The number of hydrogen-bond donors (Lipinski definition) is 1. The average Bonchev–Trinajstić information content (AvgIpc) is 2.94. The van der Waals surface area contributed by atoms with Crippen LogP contribution in [0, 0.1) is 11.2 Å². The Hall–Kier alpha value is -2.25. The van der Waals surface area contributed by atoms with E-state index in [1.807, 2.05) is 25.7 Å². The second kappa shape index (κ2) is 7.78. The van der Waals surface area contributed by atoms with E-state index in [1.54, 1.807) is 18.2 Å². The molecule has 1 aliphatic rings. The number of Topliss-reactive ketones (excluding diaryl/α,β-unsaturated/α-hetero) is 1. The summed E-state index contributed by atoms with van der Waals surface area (Å²) < 4.78 is 20.7. The van der Waals surface area contributed by atoms with Crippen LogP contribution in [0.4, 0.5) is 10.1 Å². The number of H-pyrrole nitrogens is 1. The normalized spacial score (nSPS) is 16.8. The van der Waals surface area contributed by atoms with Gasteiger partial charge < -0.3 is 14.6 Å². The number of anilines is 1. The third-order valence-corrected chi connectivity index (χ3v) is 5.27. The van der Waals surface area contributed by atoms with Gasteiger partial charge in [0.2, 0.25) is 0 Å². The summed E-state index contributed by atoms with van der Waals surface area (Å²) >= 11 is 1.19. The largest absolute Gasteiger partial charge is 0.378 e. The number of carbonyl (C=O) groups excluding carboxylic acids is 1. The van der Waals surface area contributed by atoms with Crippen LogP contribution in [0.2, 0.25) is 0 Å². The molecule has 0 radical (unpaired) electrons. The van der Waals surface area contributed by atoms with Gasteiger partial charge in [-0.2, -0.15) is 0 Å². The molecule has 0 bridgehead atoms. The monoisotopic (exact) mass is 390 g/mol. The van der Waals surface area contributed by atoms with Gasteiger partial charge in [-0.15, -0.1) is 11.3 Å². The van der Waals surface area contributed by atoms with E-state index in [9.17, 15) is 14.0 Å². The van der Waals surface area contributed by atoms with E-state index in [4.69, 9.17) is 4.74 Å². The molecule has 0 unspecified atom stereocenters. The molecule has 1 aromatic carbocycles. The Morgan fingerprint density at radius 1 is 1.30 bits per heavy atom. The number of ketones is 1. The molecular weight excluding hydrogens is 367 g/mol. The first-order chi connectivity index (χ1) is 12.7. The summed E-state index contributed by atoms with van der Waals surface area (Å²) in [6.07, 6.45) is 3.08. The quantitative estimate of drug-likeness (QED) is 0.866. The lowest BCUT2D eigenvalue weighted by molar-refractivity contribution is -0.119. The van der Waals surface area contributed by atoms with Crippen molar-refractivity contribution in [3.63, 3.8) is 0 Å². The summed E-state index contributed by atoms with van der Waals surface area (Å²) in [6.45, 7) is 7.96. The van der Waals surface area contributed by atoms with Crippen molar-refractivity contribution in [1.29, 1.82) is 0 Å². The number of morpholine rings is 1. The Balaban J connectivity index is 1.91. The average molecular weight is 390 g/mol. The molecule has 1 aromatic heterocycles. The van der Waals surface area contributed by atoms with Gasteiger partial charge in [0.25, 0.3) is 5.56 Å². The predicted octanol–water partition coefficient (Wildman–Crippen LogP) is 1.64. The van der Waals surface area contributed by atoms with Crippen molar-refractivity contribution >= 4 is 35.0 Å². The molecule has 1 aliphatic heterocycles. The second-order valence-electron chi connectivity index (χ2n) is 7.50. The molecule has 1 saturated heterocycles. The molecule has 0 spiro atoms. The number of aromatic amines is 1. The molecule has 27 heavy (non-hydrogen) atoms. The van der Waals surface area contributed by atoms with Gasteiger partial charge in [0.1, 0.15) is 5.82 Å². The smallest absolute Gasteiger partial charge is 0.266 e. The van der Waals surface area contributed by atoms with Crippen LogP contribution in [0.25, 0.3) is 12.2 Å². The van der Waals surface area contributed by atoms with E-state index in [-0.39, 0.29) is 17.2 Å². The van der Waals surface area contributed by atoms with Crippen LogP contribution in [0.5, 0.6) is 0 Å². The number of thiazole rings is 1. The summed E-state index contributed by atoms with van der Waals surface area (Å²) in [5, 5.41) is 0. The van der Waals surface area contributed by atoms with E-state index >= 15 is 0 Å². The van der Waals surface area contributed by atoms with Crippen LogP contribution in [-0.2, 0) is 9.53 Å². The van der Waals surface area contributed by atoms with Crippen molar-refractivity contribution in [3.05, 3.63) is 49.1 Å². The fourth-order valence-corrected chi connectivity index (χ4v) is 3.57. The molecule has 7 heteroatoms. The topological polar surface area (TPSA) is 62.4 Å². The predicted molar refractivity (Wildman–Crippen MR) is 106 cm³/mol. The maximum Gasteiger partial charge on any atom is 0.266 e. The van der Waals surface area contributed by atoms with Crippen LogP contribution < -0.4 is 19.7 Å². The first kappa shape index (κ1) is 19.5. The number of carbonyl (C=O) groups is 1. The number of aromatic nitrogens is 1. The van der Waals surface area contributed by atoms with E-state index < -0.39 is 5.41 Å². The minimum atomic E-state index is -0.511. The molecule has 1 N–H and O–H groups in total. The summed E-state index contributed by atoms with van der Waals surface area (Å²) in [7, 11) is 0. The summed E-state index contributed by atoms with van der Waals surface area (Å²) in [6, 6.07) is 4.94. The minimum Gasteiger partial charge on any atom is -0.378 e. The number of nitrogens with one attached hydrogen (secondary N) is 1. The van der Waals surface area contributed by atoms with E-state index in [0.717, 1.165) is 0 Å². The van der Waals surface area contributed by atoms with Gasteiger partial charge in [-0.25, -0.2) is 4.39 Å². The zero-order valence-corrected chi connectivity index (χ0v) is 16.5. The zero-order chi connectivity index (χ0) is 19.6. The second-order valence-corrected chi connectivity index (χ2v) is 8.58. The molecule has 1 fully saturated rings. The van der Waals surface area contributed by atoms with Gasteiger partial charge in [0, 0.05) is 24.6 Å². The van der Waals surface area contributed by atoms with E-state index in [0.29, 0.717) is 46.7 Å². The van der Waals surface area contributed by atoms with Crippen molar-refractivity contribution < 1.29 is 13.9 Å². The van der Waals surface area contributed by atoms with Crippen molar-refractivity contribution in [2.24, 2.45) is 5.41 Å². The lowest BCUT2D eigenvalue weighted by Gasteiger charge is -2.29. The molecule has 0 amide bonds. The molecule has 0 aliphatic carbocycles. The van der Waals surface area contributed by atoms with Crippen LogP contribution in [-0.4, -0.2) is 37.1 Å². The van der Waals surface area contributed by atoms with Gasteiger partial charge in [-0.1, -0.05) is 26.8 Å². The fraction of sp³-hybridized carbons (Fsp3) is 0.400. The summed E-state index contributed by atoms with van der Waals surface area (Å²) in [5.41, 5.74) is 0.347. The molecule has 0 saturated carbocycles. The number of benzene rings is 1. The molecular formula is C20H23FN2O3S. The van der Waals surface area contributed by atoms with Crippen molar-refractivity contribution in [1.82, 2.24) is 4.98 Å². The van der Waals surface area contributed by atoms with Crippen LogP contribution >= 0.6 is 11.3 Å². The molecule has 3 rings (SSSR count). The third-order valence-electron chi connectivity index (χ3n) is 4.30. The number of hydrogen-bond acceptors (Lipinski definition) is 5. The van der Waals surface area contributed by atoms with Crippen LogP contribution in [0.15, 0.2) is 23.0 Å². The molecule has 144 valence electrons. The van der Waals surface area contributed by atoms with Gasteiger partial charge in [0.05, 0.1) is 28.1 Å². The lowest BCUT2D eigenvalue weighted by Crippen LogP contribution is -2.36. The zero-order valence-electron chi connectivity index (χ0n) is 15.7. The molecule has 5 nitrogen and oxygen atoms in total. The minimum absolute atomic E-state index is 0.0625. The maximum atomic E-state index is 14.5. The Bertz CT molecular complexity index is 1010. The number of rotatable bonds is 3. The van der Waals surface area contributed by atoms with Crippen molar-refractivity contribution in [2.45, 2.75) is 20.8 Å². The highest BCUT2D eigenvalue weighted by molar-refractivity contribution is 7.07. The van der Waals surface area contributed by atoms with E-state index in [2.05, 4.69) is 4.98 Å². The third kappa shape index (κ3) is 4.73. The molecule has 2 heterocycles. The highest BCUT2D eigenvalue weighted by Crippen LogP contribution is 2.21. The van der Waals surface area contributed by atoms with Gasteiger partial charge in [0.15, 0.2) is 5.78 Å². The number of nitrogens with zero attached hydrogens (tertiary/aromatic N) is 1. The Morgan fingerprint density at radius 2 is 2.00 bits per heavy atom. The van der Waals surface area contributed by atoms with Crippen molar-refractivity contribution in [3.8, 4) is 0 Å². The number of ether oxygens (including phenoxy) is 1. The van der Waals surface area contributed by atoms with E-state index in [1.165, 1.54) is 23.5 Å². The molecule has 0 atom stereocenters. The fourth-order valence-electron chi connectivity index (χ4n) is 2.68.